The lowest BCUT2D eigenvalue weighted by Gasteiger charge is -2.18. The average molecular weight is 161 g/mol. The van der Waals surface area contributed by atoms with E-state index in [1.54, 1.807) is 0 Å². The van der Waals surface area contributed by atoms with Gasteiger partial charge < -0.3 is 0 Å². The van der Waals surface area contributed by atoms with Crippen molar-refractivity contribution in [3.8, 4) is 0 Å². The molecular formula is C11H15N. The first kappa shape index (κ1) is 7.81. The van der Waals surface area contributed by atoms with Gasteiger partial charge in [-0.05, 0) is 24.6 Å². The van der Waals surface area contributed by atoms with Crippen LogP contribution in [-0.4, -0.2) is 11.4 Å². The van der Waals surface area contributed by atoms with E-state index < -0.39 is 0 Å². The summed E-state index contributed by atoms with van der Waals surface area (Å²) in [4.78, 5) is 2.49. The van der Waals surface area contributed by atoms with Crippen molar-refractivity contribution in [2.75, 3.05) is 6.54 Å². The third-order valence-corrected chi connectivity index (χ3v) is 2.83. The molecule has 1 nitrogen and oxygen atoms in total. The molecule has 0 aromatic heterocycles. The highest BCUT2D eigenvalue weighted by molar-refractivity contribution is 5.33. The number of nitrogens with zero attached hydrogens (tertiary/aromatic N) is 1. The van der Waals surface area contributed by atoms with Crippen LogP contribution in [0.25, 0.3) is 0 Å². The molecule has 1 aromatic carbocycles. The Kier molecular flexibility index (Phi) is 1.89. The fraction of sp³-hybridized carbons (Fsp3) is 0.455. The largest absolute Gasteiger partial charge is 0.293 e. The molecule has 1 atom stereocenters. The predicted molar refractivity (Wildman–Crippen MR) is 50.9 cm³/mol. The second-order valence-corrected chi connectivity index (χ2v) is 3.44. The molecule has 0 radical (unpaired) electrons. The van der Waals surface area contributed by atoms with E-state index in [0.717, 1.165) is 13.1 Å². The Labute approximate surface area is 74.0 Å². The minimum Gasteiger partial charge on any atom is -0.293 e. The van der Waals surface area contributed by atoms with E-state index in [1.165, 1.54) is 11.1 Å². The van der Waals surface area contributed by atoms with E-state index in [0.29, 0.717) is 6.04 Å². The molecule has 0 spiro atoms. The first-order valence-corrected chi connectivity index (χ1v) is 4.64. The van der Waals surface area contributed by atoms with Crippen LogP contribution in [0.4, 0.5) is 0 Å². The number of rotatable bonds is 1. The van der Waals surface area contributed by atoms with Crippen LogP contribution >= 0.6 is 0 Å². The Morgan fingerprint density at radius 2 is 2.17 bits per heavy atom. The van der Waals surface area contributed by atoms with Gasteiger partial charge in [0.05, 0.1) is 0 Å². The lowest BCUT2D eigenvalue weighted by atomic mass is 10.1. The average Bonchev–Trinajstić information content (AvgIpc) is 2.44. The monoisotopic (exact) mass is 161 g/mol. The zero-order valence-electron chi connectivity index (χ0n) is 7.75. The molecule has 0 bridgehead atoms. The fourth-order valence-electron chi connectivity index (χ4n) is 2.02. The molecule has 64 valence electrons. The Hall–Kier alpha value is -0.820. The second-order valence-electron chi connectivity index (χ2n) is 3.44. The molecule has 1 aliphatic heterocycles. The first-order valence-electron chi connectivity index (χ1n) is 4.64. The van der Waals surface area contributed by atoms with E-state index in [9.17, 15) is 0 Å². The van der Waals surface area contributed by atoms with Gasteiger partial charge in [-0.1, -0.05) is 31.2 Å². The van der Waals surface area contributed by atoms with Crippen LogP contribution in [0.2, 0.25) is 0 Å². The maximum absolute atomic E-state index is 2.49. The van der Waals surface area contributed by atoms with Gasteiger partial charge in [0, 0.05) is 12.6 Å². The Bertz CT molecular complexity index is 280. The van der Waals surface area contributed by atoms with Crippen molar-refractivity contribution in [1.29, 1.82) is 0 Å². The summed E-state index contributed by atoms with van der Waals surface area (Å²) in [6.07, 6.45) is 0. The highest BCUT2D eigenvalue weighted by atomic mass is 15.2. The van der Waals surface area contributed by atoms with Crippen molar-refractivity contribution in [3.63, 3.8) is 0 Å². The van der Waals surface area contributed by atoms with Crippen LogP contribution in [0.5, 0.6) is 0 Å². The number of hydrogen-bond acceptors (Lipinski definition) is 1. The number of fused-ring (bicyclic) bond motifs is 1. The van der Waals surface area contributed by atoms with Gasteiger partial charge in [-0.2, -0.15) is 0 Å². The minimum atomic E-state index is 0.617. The van der Waals surface area contributed by atoms with Gasteiger partial charge in [0.1, 0.15) is 0 Å². The van der Waals surface area contributed by atoms with E-state index in [4.69, 9.17) is 0 Å². The van der Waals surface area contributed by atoms with Crippen LogP contribution in [-0.2, 0) is 6.54 Å². The van der Waals surface area contributed by atoms with Crippen LogP contribution in [0.3, 0.4) is 0 Å². The summed E-state index contributed by atoms with van der Waals surface area (Å²) in [7, 11) is 0. The molecular weight excluding hydrogens is 146 g/mol. The summed E-state index contributed by atoms with van der Waals surface area (Å²) < 4.78 is 0. The van der Waals surface area contributed by atoms with Crippen molar-refractivity contribution in [3.05, 3.63) is 35.4 Å². The van der Waals surface area contributed by atoms with Crippen molar-refractivity contribution >= 4 is 0 Å². The van der Waals surface area contributed by atoms with Gasteiger partial charge in [0.2, 0.25) is 0 Å². The number of hydrogen-bond donors (Lipinski definition) is 0. The number of benzene rings is 1. The molecule has 12 heavy (non-hydrogen) atoms. The molecule has 1 heterocycles. The lowest BCUT2D eigenvalue weighted by molar-refractivity contribution is 0.242. The highest BCUT2D eigenvalue weighted by Crippen LogP contribution is 2.32. The van der Waals surface area contributed by atoms with Gasteiger partial charge in [-0.15, -0.1) is 0 Å². The van der Waals surface area contributed by atoms with Crippen LogP contribution in [0.1, 0.15) is 31.0 Å². The van der Waals surface area contributed by atoms with Crippen molar-refractivity contribution in [1.82, 2.24) is 4.90 Å². The third kappa shape index (κ3) is 1.05. The molecule has 0 fully saturated rings. The quantitative estimate of drug-likeness (QED) is 0.612. The van der Waals surface area contributed by atoms with Gasteiger partial charge in [-0.3, -0.25) is 4.90 Å². The summed E-state index contributed by atoms with van der Waals surface area (Å²) in [6, 6.07) is 9.36. The summed E-state index contributed by atoms with van der Waals surface area (Å²) in [6.45, 7) is 6.79. The summed E-state index contributed by atoms with van der Waals surface area (Å²) in [5.41, 5.74) is 3.02. The molecule has 0 aliphatic carbocycles. The molecule has 0 saturated carbocycles. The second kappa shape index (κ2) is 2.91. The zero-order valence-corrected chi connectivity index (χ0v) is 7.75. The molecule has 0 amide bonds. The van der Waals surface area contributed by atoms with E-state index in [1.807, 2.05) is 0 Å². The van der Waals surface area contributed by atoms with Gasteiger partial charge in [-0.25, -0.2) is 0 Å². The van der Waals surface area contributed by atoms with E-state index >= 15 is 0 Å². The molecule has 2 rings (SSSR count). The zero-order chi connectivity index (χ0) is 8.55. The van der Waals surface area contributed by atoms with Crippen molar-refractivity contribution in [2.24, 2.45) is 0 Å². The molecule has 0 N–H and O–H groups in total. The van der Waals surface area contributed by atoms with Gasteiger partial charge in [0.25, 0.3) is 0 Å². The molecule has 1 heteroatoms. The highest BCUT2D eigenvalue weighted by Gasteiger charge is 2.23. The van der Waals surface area contributed by atoms with Crippen LogP contribution in [0.15, 0.2) is 24.3 Å². The van der Waals surface area contributed by atoms with E-state index in [-0.39, 0.29) is 0 Å². The van der Waals surface area contributed by atoms with Gasteiger partial charge >= 0.3 is 0 Å². The topological polar surface area (TPSA) is 3.24 Å². The maximum Gasteiger partial charge on any atom is 0.0326 e. The normalized spacial score (nSPS) is 22.7. The van der Waals surface area contributed by atoms with Crippen LogP contribution in [0, 0.1) is 0 Å². The third-order valence-electron chi connectivity index (χ3n) is 2.83. The minimum absolute atomic E-state index is 0.617. The summed E-state index contributed by atoms with van der Waals surface area (Å²) in [5, 5.41) is 0. The molecule has 1 unspecified atom stereocenters. The molecule has 1 aliphatic rings. The summed E-state index contributed by atoms with van der Waals surface area (Å²) in [5.74, 6) is 0. The Morgan fingerprint density at radius 1 is 1.42 bits per heavy atom. The molecule has 0 saturated heterocycles. The van der Waals surface area contributed by atoms with Crippen molar-refractivity contribution in [2.45, 2.75) is 26.4 Å². The SMILES string of the molecule is CCN1Cc2ccccc2C1C. The first-order chi connectivity index (χ1) is 5.83. The van der Waals surface area contributed by atoms with Gasteiger partial charge in [0.15, 0.2) is 0 Å². The van der Waals surface area contributed by atoms with Crippen LogP contribution < -0.4 is 0 Å². The molecule has 1 aromatic rings. The van der Waals surface area contributed by atoms with Crippen molar-refractivity contribution < 1.29 is 0 Å². The summed E-state index contributed by atoms with van der Waals surface area (Å²) >= 11 is 0. The maximum atomic E-state index is 2.49. The standard InChI is InChI=1S/C11H15N/c1-3-12-8-10-6-4-5-7-11(10)9(12)2/h4-7,9H,3,8H2,1-2H3. The predicted octanol–water partition coefficient (Wildman–Crippen LogP) is 2.58. The fourth-order valence-corrected chi connectivity index (χ4v) is 2.02. The Morgan fingerprint density at radius 3 is 2.83 bits per heavy atom. The van der Waals surface area contributed by atoms with E-state index in [2.05, 4.69) is 43.0 Å². The smallest absolute Gasteiger partial charge is 0.0326 e. The Balaban J connectivity index is 2.35. The lowest BCUT2D eigenvalue weighted by Crippen LogP contribution is -2.18.